The van der Waals surface area contributed by atoms with E-state index in [1.807, 2.05) is 29.6 Å². The second kappa shape index (κ2) is 7.06. The predicted molar refractivity (Wildman–Crippen MR) is 87.2 cm³/mol. The molecule has 0 spiro atoms. The fourth-order valence-corrected chi connectivity index (χ4v) is 3.40. The third-order valence-corrected chi connectivity index (χ3v) is 4.68. The molecular weight excluding hydrogens is 408 g/mol. The summed E-state index contributed by atoms with van der Waals surface area (Å²) in [4.78, 5) is 11.7. The van der Waals surface area contributed by atoms with Crippen molar-refractivity contribution in [2.24, 2.45) is 0 Å². The monoisotopic (exact) mass is 416 g/mol. The highest BCUT2D eigenvalue weighted by atomic mass is 79.9. The largest absolute Gasteiger partial charge is 0.486 e. The van der Waals surface area contributed by atoms with Crippen LogP contribution in [0.2, 0.25) is 0 Å². The summed E-state index contributed by atoms with van der Waals surface area (Å²) in [6.45, 7) is 0.437. The van der Waals surface area contributed by atoms with Gasteiger partial charge in [-0.05, 0) is 50.1 Å². The van der Waals surface area contributed by atoms with E-state index in [-0.39, 0.29) is 0 Å². The summed E-state index contributed by atoms with van der Waals surface area (Å²) < 4.78 is 7.62. The SMILES string of the molecule is O=C(O)C=Cc1cccc(Br)c1OCc1cc(Br)cs1. The summed E-state index contributed by atoms with van der Waals surface area (Å²) in [7, 11) is 0. The summed E-state index contributed by atoms with van der Waals surface area (Å²) in [6, 6.07) is 7.50. The van der Waals surface area contributed by atoms with Crippen LogP contribution in [0.25, 0.3) is 6.08 Å². The first-order valence-electron chi connectivity index (χ1n) is 5.61. The first kappa shape index (κ1) is 15.3. The molecule has 0 saturated heterocycles. The van der Waals surface area contributed by atoms with Gasteiger partial charge in [0.2, 0.25) is 0 Å². The fraction of sp³-hybridized carbons (Fsp3) is 0.0714. The normalized spacial score (nSPS) is 10.9. The van der Waals surface area contributed by atoms with Crippen LogP contribution in [0.3, 0.4) is 0 Å². The zero-order chi connectivity index (χ0) is 14.5. The van der Waals surface area contributed by atoms with E-state index in [1.165, 1.54) is 6.08 Å². The molecule has 1 N–H and O–H groups in total. The van der Waals surface area contributed by atoms with Crippen molar-refractivity contribution in [2.45, 2.75) is 6.61 Å². The first-order valence-corrected chi connectivity index (χ1v) is 8.08. The summed E-state index contributed by atoms with van der Waals surface area (Å²) in [5, 5.41) is 10.7. The number of ether oxygens (including phenoxy) is 1. The third kappa shape index (κ3) is 4.19. The quantitative estimate of drug-likeness (QED) is 0.700. The molecular formula is C14H10Br2O3S. The van der Waals surface area contributed by atoms with Crippen LogP contribution in [-0.2, 0) is 11.4 Å². The molecule has 3 nitrogen and oxygen atoms in total. The minimum absolute atomic E-state index is 0.437. The number of hydrogen-bond acceptors (Lipinski definition) is 3. The van der Waals surface area contributed by atoms with Gasteiger partial charge in [-0.15, -0.1) is 11.3 Å². The van der Waals surface area contributed by atoms with E-state index in [1.54, 1.807) is 11.3 Å². The molecule has 0 unspecified atom stereocenters. The lowest BCUT2D eigenvalue weighted by molar-refractivity contribution is -0.131. The zero-order valence-corrected chi connectivity index (χ0v) is 14.2. The highest BCUT2D eigenvalue weighted by Crippen LogP contribution is 2.31. The minimum Gasteiger partial charge on any atom is -0.486 e. The molecule has 0 bridgehead atoms. The van der Waals surface area contributed by atoms with Crippen molar-refractivity contribution < 1.29 is 14.6 Å². The van der Waals surface area contributed by atoms with E-state index in [0.29, 0.717) is 12.4 Å². The summed E-state index contributed by atoms with van der Waals surface area (Å²) in [5.41, 5.74) is 0.720. The number of para-hydroxylation sites is 1. The lowest BCUT2D eigenvalue weighted by Gasteiger charge is -2.10. The molecule has 0 amide bonds. The average molecular weight is 418 g/mol. The third-order valence-electron chi connectivity index (χ3n) is 2.38. The molecule has 0 aliphatic heterocycles. The Hall–Kier alpha value is -1.11. The molecule has 1 aromatic heterocycles. The number of carboxylic acid groups (broad SMARTS) is 1. The first-order chi connectivity index (χ1) is 9.56. The Morgan fingerprint density at radius 2 is 2.20 bits per heavy atom. The average Bonchev–Trinajstić information content (AvgIpc) is 2.81. The molecule has 2 aromatic rings. The van der Waals surface area contributed by atoms with Gasteiger partial charge < -0.3 is 9.84 Å². The van der Waals surface area contributed by atoms with Crippen LogP contribution in [0.15, 0.2) is 44.7 Å². The molecule has 2 rings (SSSR count). The lowest BCUT2D eigenvalue weighted by atomic mass is 10.2. The fourth-order valence-electron chi connectivity index (χ4n) is 1.54. The molecule has 20 heavy (non-hydrogen) atoms. The number of carboxylic acids is 1. The molecule has 0 atom stereocenters. The van der Waals surface area contributed by atoms with Gasteiger partial charge in [0.05, 0.1) is 4.47 Å². The number of halogens is 2. The Kier molecular flexibility index (Phi) is 5.39. The van der Waals surface area contributed by atoms with Crippen LogP contribution >= 0.6 is 43.2 Å². The maximum atomic E-state index is 10.6. The van der Waals surface area contributed by atoms with E-state index >= 15 is 0 Å². The van der Waals surface area contributed by atoms with Gasteiger partial charge in [0.1, 0.15) is 12.4 Å². The maximum absolute atomic E-state index is 10.6. The van der Waals surface area contributed by atoms with Crippen molar-refractivity contribution >= 4 is 55.2 Å². The molecule has 0 radical (unpaired) electrons. The van der Waals surface area contributed by atoms with Crippen LogP contribution in [0, 0.1) is 0 Å². The van der Waals surface area contributed by atoms with Gasteiger partial charge in [-0.3, -0.25) is 0 Å². The maximum Gasteiger partial charge on any atom is 0.328 e. The van der Waals surface area contributed by atoms with Crippen molar-refractivity contribution in [3.05, 3.63) is 55.1 Å². The smallest absolute Gasteiger partial charge is 0.328 e. The van der Waals surface area contributed by atoms with Gasteiger partial charge in [0, 0.05) is 26.4 Å². The summed E-state index contributed by atoms with van der Waals surface area (Å²) >= 11 is 8.42. The number of thiophene rings is 1. The number of rotatable bonds is 5. The Morgan fingerprint density at radius 3 is 2.85 bits per heavy atom. The molecule has 6 heteroatoms. The van der Waals surface area contributed by atoms with Crippen LogP contribution in [0.4, 0.5) is 0 Å². The highest BCUT2D eigenvalue weighted by molar-refractivity contribution is 9.10. The van der Waals surface area contributed by atoms with Gasteiger partial charge in [-0.1, -0.05) is 12.1 Å². The molecule has 0 fully saturated rings. The van der Waals surface area contributed by atoms with Crippen molar-refractivity contribution in [3.63, 3.8) is 0 Å². The number of benzene rings is 1. The summed E-state index contributed by atoms with van der Waals surface area (Å²) in [6.07, 6.45) is 2.61. The molecule has 0 aliphatic rings. The lowest BCUT2D eigenvalue weighted by Crippen LogP contribution is -1.96. The minimum atomic E-state index is -0.988. The molecule has 1 aromatic carbocycles. The summed E-state index contributed by atoms with van der Waals surface area (Å²) in [5.74, 6) is -0.354. The Morgan fingerprint density at radius 1 is 1.40 bits per heavy atom. The number of hydrogen-bond donors (Lipinski definition) is 1. The van der Waals surface area contributed by atoms with E-state index in [2.05, 4.69) is 31.9 Å². The van der Waals surface area contributed by atoms with Crippen LogP contribution in [0.1, 0.15) is 10.4 Å². The van der Waals surface area contributed by atoms with Gasteiger partial charge in [0.25, 0.3) is 0 Å². The van der Waals surface area contributed by atoms with Crippen molar-refractivity contribution in [1.82, 2.24) is 0 Å². The van der Waals surface area contributed by atoms with E-state index in [0.717, 1.165) is 25.5 Å². The predicted octanol–water partition coefficient (Wildman–Crippen LogP) is 4.95. The van der Waals surface area contributed by atoms with Gasteiger partial charge >= 0.3 is 5.97 Å². The van der Waals surface area contributed by atoms with E-state index in [9.17, 15) is 4.79 Å². The zero-order valence-electron chi connectivity index (χ0n) is 10.2. The Balaban J connectivity index is 2.19. The molecule has 0 saturated carbocycles. The topological polar surface area (TPSA) is 46.5 Å². The van der Waals surface area contributed by atoms with E-state index < -0.39 is 5.97 Å². The van der Waals surface area contributed by atoms with Crippen LogP contribution in [0.5, 0.6) is 5.75 Å². The number of aliphatic carboxylic acids is 1. The second-order valence-electron chi connectivity index (χ2n) is 3.85. The molecule has 1 heterocycles. The van der Waals surface area contributed by atoms with Crippen molar-refractivity contribution in [1.29, 1.82) is 0 Å². The van der Waals surface area contributed by atoms with Crippen LogP contribution < -0.4 is 4.74 Å². The Bertz CT molecular complexity index is 650. The van der Waals surface area contributed by atoms with Gasteiger partial charge in [-0.2, -0.15) is 0 Å². The van der Waals surface area contributed by atoms with Gasteiger partial charge in [-0.25, -0.2) is 4.79 Å². The molecule has 0 aliphatic carbocycles. The van der Waals surface area contributed by atoms with E-state index in [4.69, 9.17) is 9.84 Å². The van der Waals surface area contributed by atoms with Crippen molar-refractivity contribution in [3.8, 4) is 5.75 Å². The van der Waals surface area contributed by atoms with Crippen LogP contribution in [-0.4, -0.2) is 11.1 Å². The highest BCUT2D eigenvalue weighted by Gasteiger charge is 2.07. The van der Waals surface area contributed by atoms with Gasteiger partial charge in [0.15, 0.2) is 0 Å². The van der Waals surface area contributed by atoms with Crippen molar-refractivity contribution in [2.75, 3.05) is 0 Å². The second-order valence-corrected chi connectivity index (χ2v) is 6.62. The standard InChI is InChI=1S/C14H10Br2O3S/c15-10-6-11(20-8-10)7-19-14-9(4-5-13(17)18)2-1-3-12(14)16/h1-6,8H,7H2,(H,17,18). The molecule has 104 valence electrons. The number of carbonyl (C=O) groups is 1. The Labute approximate surface area is 137 Å².